The van der Waals surface area contributed by atoms with Gasteiger partial charge in [-0.3, -0.25) is 0 Å². The summed E-state index contributed by atoms with van der Waals surface area (Å²) in [4.78, 5) is 0. The van der Waals surface area contributed by atoms with Gasteiger partial charge in [-0.15, -0.1) is 0 Å². The van der Waals surface area contributed by atoms with E-state index in [1.807, 2.05) is 0 Å². The standard InChI is InChI=1S/C7H6F3N.H2S/c8-7(9,10)5-3-1-2-4-6(5)11;/h1-4H,11H2;1H2. The van der Waals surface area contributed by atoms with Crippen LogP contribution in [0.2, 0.25) is 0 Å². The zero-order valence-electron chi connectivity index (χ0n) is 6.02. The molecule has 0 aliphatic carbocycles. The van der Waals surface area contributed by atoms with E-state index in [9.17, 15) is 13.2 Å². The van der Waals surface area contributed by atoms with Gasteiger partial charge >= 0.3 is 6.18 Å². The van der Waals surface area contributed by atoms with Gasteiger partial charge in [-0.05, 0) is 12.1 Å². The molecule has 2 N–H and O–H groups in total. The number of rotatable bonds is 0. The highest BCUT2D eigenvalue weighted by molar-refractivity contribution is 7.59. The molecule has 12 heavy (non-hydrogen) atoms. The summed E-state index contributed by atoms with van der Waals surface area (Å²) < 4.78 is 35.9. The van der Waals surface area contributed by atoms with Gasteiger partial charge in [-0.1, -0.05) is 12.1 Å². The van der Waals surface area contributed by atoms with Crippen LogP contribution in [0, 0.1) is 0 Å². The lowest BCUT2D eigenvalue weighted by molar-refractivity contribution is -0.136. The molecule has 0 amide bonds. The normalized spacial score (nSPS) is 10.6. The van der Waals surface area contributed by atoms with Crippen molar-refractivity contribution in [1.82, 2.24) is 0 Å². The van der Waals surface area contributed by atoms with Crippen LogP contribution in [0.25, 0.3) is 0 Å². The smallest absolute Gasteiger partial charge is 0.398 e. The van der Waals surface area contributed by atoms with Gasteiger partial charge in [0.1, 0.15) is 0 Å². The van der Waals surface area contributed by atoms with Gasteiger partial charge in [0.15, 0.2) is 0 Å². The maximum atomic E-state index is 12.0. The summed E-state index contributed by atoms with van der Waals surface area (Å²) in [5.74, 6) is 0. The molecule has 0 aliphatic rings. The summed E-state index contributed by atoms with van der Waals surface area (Å²) in [6.07, 6.45) is -4.34. The molecule has 0 fully saturated rings. The maximum Gasteiger partial charge on any atom is 0.418 e. The third-order valence-corrected chi connectivity index (χ3v) is 1.27. The lowest BCUT2D eigenvalue weighted by atomic mass is 10.2. The van der Waals surface area contributed by atoms with Gasteiger partial charge in [-0.25, -0.2) is 0 Å². The monoisotopic (exact) mass is 195 g/mol. The largest absolute Gasteiger partial charge is 0.418 e. The van der Waals surface area contributed by atoms with Crippen LogP contribution in [-0.4, -0.2) is 0 Å². The molecule has 1 rings (SSSR count). The van der Waals surface area contributed by atoms with Crippen molar-refractivity contribution in [2.24, 2.45) is 0 Å². The Morgan fingerprint density at radius 2 is 1.58 bits per heavy atom. The molecule has 1 aromatic carbocycles. The molecule has 0 unspecified atom stereocenters. The van der Waals surface area contributed by atoms with Crippen LogP contribution in [0.1, 0.15) is 5.56 Å². The van der Waals surface area contributed by atoms with E-state index in [1.54, 1.807) is 0 Å². The van der Waals surface area contributed by atoms with Crippen molar-refractivity contribution < 1.29 is 13.2 Å². The van der Waals surface area contributed by atoms with Gasteiger partial charge < -0.3 is 5.73 Å². The Morgan fingerprint density at radius 3 is 1.92 bits per heavy atom. The number of nitrogen functional groups attached to an aromatic ring is 1. The second-order valence-corrected chi connectivity index (χ2v) is 2.09. The zero-order chi connectivity index (χ0) is 8.48. The Balaban J connectivity index is 0.00000121. The molecule has 0 saturated heterocycles. The number of hydrogen-bond donors (Lipinski definition) is 1. The molecule has 0 bridgehead atoms. The zero-order valence-corrected chi connectivity index (χ0v) is 7.02. The van der Waals surface area contributed by atoms with Crippen LogP contribution < -0.4 is 5.73 Å². The lowest BCUT2D eigenvalue weighted by Crippen LogP contribution is -2.07. The first-order valence-corrected chi connectivity index (χ1v) is 2.93. The van der Waals surface area contributed by atoms with E-state index in [0.717, 1.165) is 6.07 Å². The molecule has 68 valence electrons. The highest BCUT2D eigenvalue weighted by atomic mass is 32.1. The van der Waals surface area contributed by atoms with Gasteiger partial charge in [0.2, 0.25) is 0 Å². The van der Waals surface area contributed by atoms with Crippen LogP contribution in [0.5, 0.6) is 0 Å². The molecule has 5 heteroatoms. The number of hydrogen-bond acceptors (Lipinski definition) is 1. The minimum atomic E-state index is -4.34. The number of para-hydroxylation sites is 1. The van der Waals surface area contributed by atoms with Gasteiger partial charge in [0.05, 0.1) is 5.56 Å². The maximum absolute atomic E-state index is 12.0. The van der Waals surface area contributed by atoms with Crippen LogP contribution in [0.4, 0.5) is 18.9 Å². The van der Waals surface area contributed by atoms with Crippen LogP contribution in [0.3, 0.4) is 0 Å². The van der Waals surface area contributed by atoms with Gasteiger partial charge in [0, 0.05) is 5.69 Å². The topological polar surface area (TPSA) is 26.0 Å². The molecule has 0 heterocycles. The highest BCUT2D eigenvalue weighted by Gasteiger charge is 2.32. The Hall–Kier alpha value is -0.840. The first-order chi connectivity index (χ1) is 5.02. The molecule has 0 aromatic heterocycles. The molecule has 1 nitrogen and oxygen atoms in total. The van der Waals surface area contributed by atoms with E-state index in [1.165, 1.54) is 18.2 Å². The first kappa shape index (κ1) is 11.2. The molecule has 1 aromatic rings. The Kier molecular flexibility index (Phi) is 3.45. The van der Waals surface area contributed by atoms with Crippen molar-refractivity contribution in [1.29, 1.82) is 0 Å². The fourth-order valence-corrected chi connectivity index (χ4v) is 0.755. The van der Waals surface area contributed by atoms with Crippen molar-refractivity contribution in [2.75, 3.05) is 5.73 Å². The van der Waals surface area contributed by atoms with Crippen molar-refractivity contribution in [3.63, 3.8) is 0 Å². The van der Waals surface area contributed by atoms with Gasteiger partial charge in [-0.2, -0.15) is 26.7 Å². The lowest BCUT2D eigenvalue weighted by Gasteiger charge is -2.07. The van der Waals surface area contributed by atoms with E-state index >= 15 is 0 Å². The second-order valence-electron chi connectivity index (χ2n) is 2.09. The fraction of sp³-hybridized carbons (Fsp3) is 0.143. The average Bonchev–Trinajstić information content (AvgIpc) is 1.86. The van der Waals surface area contributed by atoms with Crippen molar-refractivity contribution in [3.05, 3.63) is 29.8 Å². The average molecular weight is 195 g/mol. The van der Waals surface area contributed by atoms with Crippen LogP contribution in [0.15, 0.2) is 24.3 Å². The quantitative estimate of drug-likeness (QED) is 0.632. The summed E-state index contributed by atoms with van der Waals surface area (Å²) in [5, 5.41) is 0. The van der Waals surface area contributed by atoms with Crippen molar-refractivity contribution in [3.8, 4) is 0 Å². The predicted molar refractivity (Wildman–Crippen MR) is 46.2 cm³/mol. The molecule has 0 spiro atoms. The minimum Gasteiger partial charge on any atom is -0.398 e. The molecule has 0 saturated carbocycles. The first-order valence-electron chi connectivity index (χ1n) is 2.93. The molecule has 0 radical (unpaired) electrons. The predicted octanol–water partition coefficient (Wildman–Crippen LogP) is 2.40. The van der Waals surface area contributed by atoms with E-state index in [0.29, 0.717) is 0 Å². The summed E-state index contributed by atoms with van der Waals surface area (Å²) in [7, 11) is 0. The molecule has 0 atom stereocenters. The van der Waals surface area contributed by atoms with E-state index in [-0.39, 0.29) is 19.2 Å². The third-order valence-electron chi connectivity index (χ3n) is 1.27. The third kappa shape index (κ3) is 2.34. The molecular weight excluding hydrogens is 187 g/mol. The van der Waals surface area contributed by atoms with Crippen molar-refractivity contribution >= 4 is 19.2 Å². The summed E-state index contributed by atoms with van der Waals surface area (Å²) >= 11 is 0. The van der Waals surface area contributed by atoms with Crippen LogP contribution in [-0.2, 0) is 6.18 Å². The van der Waals surface area contributed by atoms with Crippen LogP contribution >= 0.6 is 13.5 Å². The Labute approximate surface area is 74.8 Å². The molecular formula is C7H8F3NS. The number of alkyl halides is 3. The highest BCUT2D eigenvalue weighted by Crippen LogP contribution is 2.32. The van der Waals surface area contributed by atoms with Crippen molar-refractivity contribution in [2.45, 2.75) is 6.18 Å². The second kappa shape index (κ2) is 3.71. The number of halogens is 3. The number of anilines is 1. The number of benzene rings is 1. The summed E-state index contributed by atoms with van der Waals surface area (Å²) in [6, 6.07) is 4.95. The Morgan fingerprint density at radius 1 is 1.08 bits per heavy atom. The minimum absolute atomic E-state index is 0. The van der Waals surface area contributed by atoms with E-state index < -0.39 is 11.7 Å². The fourth-order valence-electron chi connectivity index (χ4n) is 0.755. The molecule has 0 aliphatic heterocycles. The van der Waals surface area contributed by atoms with E-state index in [2.05, 4.69) is 0 Å². The summed E-state index contributed by atoms with van der Waals surface area (Å²) in [5.41, 5.74) is 4.07. The van der Waals surface area contributed by atoms with E-state index in [4.69, 9.17) is 5.73 Å². The van der Waals surface area contributed by atoms with Gasteiger partial charge in [0.25, 0.3) is 0 Å². The SMILES string of the molecule is Nc1ccccc1C(F)(F)F.S. The number of nitrogens with two attached hydrogens (primary N) is 1. The summed E-state index contributed by atoms with van der Waals surface area (Å²) in [6.45, 7) is 0. The Bertz CT molecular complexity index is 259.